The van der Waals surface area contributed by atoms with Gasteiger partial charge < -0.3 is 15.0 Å². The molecule has 1 N–H and O–H groups in total. The molecule has 0 saturated heterocycles. The highest BCUT2D eigenvalue weighted by Crippen LogP contribution is 2.18. The Hall–Kier alpha value is -1.90. The molecule has 0 aliphatic heterocycles. The van der Waals surface area contributed by atoms with Crippen LogP contribution in [0.25, 0.3) is 0 Å². The van der Waals surface area contributed by atoms with Gasteiger partial charge >= 0.3 is 0 Å². The van der Waals surface area contributed by atoms with Gasteiger partial charge in [0.1, 0.15) is 17.4 Å². The van der Waals surface area contributed by atoms with Crippen molar-refractivity contribution >= 4 is 29.9 Å². The second-order valence-corrected chi connectivity index (χ2v) is 5.63. The van der Waals surface area contributed by atoms with E-state index in [0.717, 1.165) is 17.4 Å². The second-order valence-electron chi connectivity index (χ2n) is 5.63. The average molecular weight is 475 g/mol. The predicted octanol–water partition coefficient (Wildman–Crippen LogP) is 3.84. The van der Waals surface area contributed by atoms with Gasteiger partial charge in [-0.1, -0.05) is 24.3 Å². The third kappa shape index (κ3) is 6.12. The number of nitrogens with zero attached hydrogens (tertiary/aromatic N) is 2. The zero-order valence-corrected chi connectivity index (χ0v) is 17.5. The fourth-order valence-electron chi connectivity index (χ4n) is 2.58. The minimum Gasteiger partial charge on any atom is -0.496 e. The van der Waals surface area contributed by atoms with Gasteiger partial charge in [-0.05, 0) is 24.1 Å². The molecule has 0 fully saturated rings. The largest absolute Gasteiger partial charge is 0.496 e. The summed E-state index contributed by atoms with van der Waals surface area (Å²) in [6.45, 7) is 1.11. The minimum atomic E-state index is -0.568. The number of guanidine groups is 1. The summed E-state index contributed by atoms with van der Waals surface area (Å²) in [4.78, 5) is 6.20. The van der Waals surface area contributed by atoms with Crippen molar-refractivity contribution in [2.24, 2.45) is 4.99 Å². The molecule has 0 amide bonds. The Labute approximate surface area is 170 Å². The second kappa shape index (κ2) is 10.9. The number of aliphatic imine (C=N–C) groups is 1. The number of nitrogens with one attached hydrogen (secondary N) is 1. The Morgan fingerprint density at radius 2 is 1.88 bits per heavy atom. The van der Waals surface area contributed by atoms with Crippen LogP contribution in [0, 0.1) is 11.6 Å². The maximum Gasteiger partial charge on any atom is 0.193 e. The summed E-state index contributed by atoms with van der Waals surface area (Å²) in [7, 11) is 5.25. The first kappa shape index (κ1) is 22.1. The summed E-state index contributed by atoms with van der Waals surface area (Å²) in [5.41, 5.74) is 1.51. The van der Waals surface area contributed by atoms with E-state index < -0.39 is 11.6 Å². The van der Waals surface area contributed by atoms with Crippen LogP contribution in [0.15, 0.2) is 47.5 Å². The summed E-state index contributed by atoms with van der Waals surface area (Å²) in [5, 5.41) is 3.19. The van der Waals surface area contributed by atoms with Crippen LogP contribution in [0.5, 0.6) is 5.75 Å². The number of methoxy groups -OCH3 is 1. The molecule has 2 rings (SSSR count). The summed E-state index contributed by atoms with van der Waals surface area (Å²) in [6, 6.07) is 11.4. The number of halogens is 3. The molecule has 0 radical (unpaired) electrons. The van der Waals surface area contributed by atoms with Crippen molar-refractivity contribution < 1.29 is 13.5 Å². The molecule has 0 aromatic heterocycles. The van der Waals surface area contributed by atoms with E-state index in [2.05, 4.69) is 10.3 Å². The maximum absolute atomic E-state index is 13.7. The summed E-state index contributed by atoms with van der Waals surface area (Å²) >= 11 is 0. The third-order valence-corrected chi connectivity index (χ3v) is 3.87. The van der Waals surface area contributed by atoms with Crippen LogP contribution in [-0.4, -0.2) is 38.6 Å². The third-order valence-electron chi connectivity index (χ3n) is 3.87. The Morgan fingerprint density at radius 1 is 1.15 bits per heavy atom. The van der Waals surface area contributed by atoms with Crippen LogP contribution >= 0.6 is 24.0 Å². The van der Waals surface area contributed by atoms with Crippen LogP contribution in [0.2, 0.25) is 0 Å². The lowest BCUT2D eigenvalue weighted by Gasteiger charge is -2.23. The van der Waals surface area contributed by atoms with Crippen molar-refractivity contribution in [1.82, 2.24) is 10.2 Å². The number of benzene rings is 2. The Balaban J connectivity index is 0.00000338. The SMILES string of the molecule is CN=C(NCCc1ccc(F)cc1F)N(C)Cc1ccccc1OC.I. The molecule has 142 valence electrons. The number of hydrogen-bond donors (Lipinski definition) is 1. The van der Waals surface area contributed by atoms with Crippen LogP contribution in [-0.2, 0) is 13.0 Å². The van der Waals surface area contributed by atoms with E-state index in [1.54, 1.807) is 14.2 Å². The van der Waals surface area contributed by atoms with Crippen LogP contribution < -0.4 is 10.1 Å². The first-order chi connectivity index (χ1) is 12.0. The van der Waals surface area contributed by atoms with Gasteiger partial charge in [0.15, 0.2) is 5.96 Å². The van der Waals surface area contributed by atoms with E-state index in [1.807, 2.05) is 36.2 Å². The van der Waals surface area contributed by atoms with E-state index >= 15 is 0 Å². The highest BCUT2D eigenvalue weighted by atomic mass is 127. The highest BCUT2D eigenvalue weighted by molar-refractivity contribution is 14.0. The lowest BCUT2D eigenvalue weighted by atomic mass is 10.1. The molecule has 0 aliphatic carbocycles. The molecule has 0 bridgehead atoms. The molecule has 2 aromatic rings. The Kier molecular flexibility index (Phi) is 9.32. The Morgan fingerprint density at radius 3 is 2.54 bits per heavy atom. The molecule has 4 nitrogen and oxygen atoms in total. The van der Waals surface area contributed by atoms with Gasteiger partial charge in [-0.3, -0.25) is 4.99 Å². The fraction of sp³-hybridized carbons (Fsp3) is 0.316. The number of hydrogen-bond acceptors (Lipinski definition) is 2. The highest BCUT2D eigenvalue weighted by Gasteiger charge is 2.10. The molecule has 0 saturated carbocycles. The lowest BCUT2D eigenvalue weighted by Crippen LogP contribution is -2.39. The van der Waals surface area contributed by atoms with Gasteiger partial charge in [-0.25, -0.2) is 8.78 Å². The minimum absolute atomic E-state index is 0. The molecule has 7 heteroatoms. The van der Waals surface area contributed by atoms with Crippen LogP contribution in [0.4, 0.5) is 8.78 Å². The molecule has 0 aliphatic rings. The lowest BCUT2D eigenvalue weighted by molar-refractivity contribution is 0.396. The van der Waals surface area contributed by atoms with E-state index in [-0.39, 0.29) is 24.0 Å². The van der Waals surface area contributed by atoms with Crippen molar-refractivity contribution in [1.29, 1.82) is 0 Å². The summed E-state index contributed by atoms with van der Waals surface area (Å²) < 4.78 is 32.0. The van der Waals surface area contributed by atoms with Crippen LogP contribution in [0.3, 0.4) is 0 Å². The molecule has 26 heavy (non-hydrogen) atoms. The van der Waals surface area contributed by atoms with E-state index in [4.69, 9.17) is 4.74 Å². The first-order valence-electron chi connectivity index (χ1n) is 8.02. The van der Waals surface area contributed by atoms with Gasteiger partial charge in [0, 0.05) is 38.8 Å². The van der Waals surface area contributed by atoms with Gasteiger partial charge in [-0.15, -0.1) is 24.0 Å². The standard InChI is InChI=1S/C19H23F2N3O.HI/c1-22-19(23-11-10-14-8-9-16(20)12-17(14)21)24(2)13-15-6-4-5-7-18(15)25-3;/h4-9,12H,10-11,13H2,1-3H3,(H,22,23);1H. The average Bonchev–Trinajstić information content (AvgIpc) is 2.60. The number of rotatable bonds is 6. The van der Waals surface area contributed by atoms with Gasteiger partial charge in [0.25, 0.3) is 0 Å². The number of para-hydroxylation sites is 1. The molecular weight excluding hydrogens is 451 g/mol. The van der Waals surface area contributed by atoms with Crippen LogP contribution in [0.1, 0.15) is 11.1 Å². The predicted molar refractivity (Wildman–Crippen MR) is 111 cm³/mol. The fourth-order valence-corrected chi connectivity index (χ4v) is 2.58. The van der Waals surface area contributed by atoms with Crippen molar-refractivity contribution in [2.45, 2.75) is 13.0 Å². The van der Waals surface area contributed by atoms with E-state index in [1.165, 1.54) is 12.1 Å². The molecule has 2 aromatic carbocycles. The first-order valence-corrected chi connectivity index (χ1v) is 8.02. The molecule has 0 unspecified atom stereocenters. The molecule has 0 spiro atoms. The monoisotopic (exact) mass is 475 g/mol. The van der Waals surface area contributed by atoms with Crippen molar-refractivity contribution in [3.05, 3.63) is 65.2 Å². The summed E-state index contributed by atoms with van der Waals surface area (Å²) in [5.74, 6) is 0.410. The van der Waals surface area contributed by atoms with E-state index in [9.17, 15) is 8.78 Å². The zero-order chi connectivity index (χ0) is 18.2. The zero-order valence-electron chi connectivity index (χ0n) is 15.1. The molecular formula is C19H24F2IN3O. The molecule has 0 heterocycles. The van der Waals surface area contributed by atoms with Crippen molar-refractivity contribution in [3.63, 3.8) is 0 Å². The maximum atomic E-state index is 13.7. The van der Waals surface area contributed by atoms with Crippen molar-refractivity contribution in [3.8, 4) is 5.75 Å². The summed E-state index contributed by atoms with van der Waals surface area (Å²) in [6.07, 6.45) is 0.438. The Bertz CT molecular complexity index is 740. The van der Waals surface area contributed by atoms with Crippen molar-refractivity contribution in [2.75, 3.05) is 27.7 Å². The number of ether oxygens (including phenoxy) is 1. The van der Waals surface area contributed by atoms with E-state index in [0.29, 0.717) is 31.0 Å². The smallest absolute Gasteiger partial charge is 0.193 e. The van der Waals surface area contributed by atoms with Gasteiger partial charge in [-0.2, -0.15) is 0 Å². The molecule has 0 atom stereocenters. The topological polar surface area (TPSA) is 36.9 Å². The van der Waals surface area contributed by atoms with Gasteiger partial charge in [0.05, 0.1) is 7.11 Å². The van der Waals surface area contributed by atoms with Gasteiger partial charge in [0.2, 0.25) is 0 Å². The quantitative estimate of drug-likeness (QED) is 0.392. The normalized spacial score (nSPS) is 10.9.